The molecule has 0 saturated heterocycles. The quantitative estimate of drug-likeness (QED) is 0.643. The van der Waals surface area contributed by atoms with Gasteiger partial charge in [0.2, 0.25) is 0 Å². The lowest BCUT2D eigenvalue weighted by atomic mass is 10.1. The number of aliphatic hydroxyl groups is 1. The normalized spacial score (nSPS) is 10.7. The number of halogens is 1. The van der Waals surface area contributed by atoms with Crippen LogP contribution in [0.25, 0.3) is 11.3 Å². The van der Waals surface area contributed by atoms with E-state index < -0.39 is 0 Å². The minimum absolute atomic E-state index is 0.127. The van der Waals surface area contributed by atoms with Crippen molar-refractivity contribution in [1.82, 2.24) is 0 Å². The van der Waals surface area contributed by atoms with Gasteiger partial charge in [0.15, 0.2) is 6.61 Å². The highest BCUT2D eigenvalue weighted by Crippen LogP contribution is 2.30. The molecule has 0 aliphatic heterocycles. The van der Waals surface area contributed by atoms with E-state index in [9.17, 15) is 4.79 Å². The van der Waals surface area contributed by atoms with E-state index in [0.717, 1.165) is 16.7 Å². The molecule has 0 bridgehead atoms. The van der Waals surface area contributed by atoms with E-state index >= 15 is 0 Å². The molecule has 1 aromatic heterocycles. The zero-order valence-corrected chi connectivity index (χ0v) is 15.8. The molecule has 0 aliphatic rings. The molecule has 27 heavy (non-hydrogen) atoms. The Hall–Kier alpha value is -2.76. The lowest BCUT2D eigenvalue weighted by Crippen LogP contribution is -2.20. The molecule has 140 valence electrons. The molecule has 6 heteroatoms. The first kappa shape index (κ1) is 19.0. The molecule has 3 rings (SSSR count). The number of nitrogens with one attached hydrogen (secondary N) is 1. The van der Waals surface area contributed by atoms with Gasteiger partial charge in [0, 0.05) is 5.56 Å². The van der Waals surface area contributed by atoms with Crippen molar-refractivity contribution in [2.45, 2.75) is 20.5 Å². The lowest BCUT2D eigenvalue weighted by molar-refractivity contribution is -0.118. The van der Waals surface area contributed by atoms with Gasteiger partial charge in [0.25, 0.3) is 5.91 Å². The SMILES string of the molecule is Cc1ccc(OCC(=O)Nc2cc(-c3ccc(CO)o3)ccc2Cl)cc1C. The van der Waals surface area contributed by atoms with Gasteiger partial charge in [0.1, 0.15) is 23.9 Å². The summed E-state index contributed by atoms with van der Waals surface area (Å²) in [6, 6.07) is 14.3. The number of rotatable bonds is 6. The number of furan rings is 1. The molecule has 3 aromatic rings. The van der Waals surface area contributed by atoms with Gasteiger partial charge < -0.3 is 19.6 Å². The third-order valence-electron chi connectivity index (χ3n) is 4.19. The molecule has 0 unspecified atom stereocenters. The Morgan fingerprint density at radius 2 is 1.93 bits per heavy atom. The second-order valence-corrected chi connectivity index (χ2v) is 6.61. The summed E-state index contributed by atoms with van der Waals surface area (Å²) < 4.78 is 11.1. The van der Waals surface area contributed by atoms with Crippen LogP contribution in [-0.4, -0.2) is 17.6 Å². The monoisotopic (exact) mass is 385 g/mol. The smallest absolute Gasteiger partial charge is 0.262 e. The van der Waals surface area contributed by atoms with Gasteiger partial charge in [-0.3, -0.25) is 4.79 Å². The molecule has 0 radical (unpaired) electrons. The molecule has 0 fully saturated rings. The van der Waals surface area contributed by atoms with Gasteiger partial charge in [-0.15, -0.1) is 0 Å². The number of amides is 1. The van der Waals surface area contributed by atoms with Gasteiger partial charge in [-0.2, -0.15) is 0 Å². The van der Waals surface area contributed by atoms with E-state index in [1.54, 1.807) is 30.3 Å². The van der Waals surface area contributed by atoms with Crippen molar-refractivity contribution < 1.29 is 19.1 Å². The number of hydrogen-bond donors (Lipinski definition) is 2. The topological polar surface area (TPSA) is 71.7 Å². The van der Waals surface area contributed by atoms with Crippen LogP contribution in [0.1, 0.15) is 16.9 Å². The number of carbonyl (C=O) groups is 1. The van der Waals surface area contributed by atoms with Crippen molar-refractivity contribution in [3.8, 4) is 17.1 Å². The summed E-state index contributed by atoms with van der Waals surface area (Å²) in [5.41, 5.74) is 3.47. The zero-order valence-electron chi connectivity index (χ0n) is 15.1. The first-order valence-electron chi connectivity index (χ1n) is 8.45. The van der Waals surface area contributed by atoms with Crippen molar-refractivity contribution in [2.75, 3.05) is 11.9 Å². The molecule has 0 atom stereocenters. The molecular weight excluding hydrogens is 366 g/mol. The predicted octanol–water partition coefficient (Wildman–Crippen LogP) is 4.73. The average molecular weight is 386 g/mol. The van der Waals surface area contributed by atoms with Crippen LogP contribution >= 0.6 is 11.6 Å². The molecule has 2 N–H and O–H groups in total. The molecular formula is C21H20ClNO4. The standard InChI is InChI=1S/C21H20ClNO4/c1-13-3-5-16(9-14(13)2)26-12-21(25)23-19-10-15(4-7-18(19)22)20-8-6-17(11-24)27-20/h3-10,24H,11-12H2,1-2H3,(H,23,25). The largest absolute Gasteiger partial charge is 0.484 e. The molecule has 1 amide bonds. The number of aryl methyl sites for hydroxylation is 2. The third kappa shape index (κ3) is 4.70. The highest BCUT2D eigenvalue weighted by molar-refractivity contribution is 6.33. The fourth-order valence-corrected chi connectivity index (χ4v) is 2.70. The number of aliphatic hydroxyl groups excluding tert-OH is 1. The van der Waals surface area contributed by atoms with Crippen LogP contribution in [0.5, 0.6) is 5.75 Å². The number of carbonyl (C=O) groups excluding carboxylic acids is 1. The fraction of sp³-hybridized carbons (Fsp3) is 0.190. The molecule has 0 saturated carbocycles. The number of benzene rings is 2. The molecule has 0 aliphatic carbocycles. The van der Waals surface area contributed by atoms with E-state index in [1.165, 1.54) is 0 Å². The van der Waals surface area contributed by atoms with Gasteiger partial charge in [0.05, 0.1) is 10.7 Å². The molecule has 5 nitrogen and oxygen atoms in total. The first-order chi connectivity index (χ1) is 13.0. The minimum Gasteiger partial charge on any atom is -0.484 e. The van der Waals surface area contributed by atoms with Gasteiger partial charge in [-0.1, -0.05) is 17.7 Å². The summed E-state index contributed by atoms with van der Waals surface area (Å²) in [6.45, 7) is 3.71. The van der Waals surface area contributed by atoms with Crippen LogP contribution < -0.4 is 10.1 Å². The maximum atomic E-state index is 12.2. The highest BCUT2D eigenvalue weighted by atomic mass is 35.5. The summed E-state index contributed by atoms with van der Waals surface area (Å²) >= 11 is 6.19. The number of hydrogen-bond acceptors (Lipinski definition) is 4. The maximum absolute atomic E-state index is 12.2. The van der Waals surface area contributed by atoms with Crippen LogP contribution in [0.2, 0.25) is 5.02 Å². The second-order valence-electron chi connectivity index (χ2n) is 6.20. The van der Waals surface area contributed by atoms with Gasteiger partial charge >= 0.3 is 0 Å². The first-order valence-corrected chi connectivity index (χ1v) is 8.83. The zero-order chi connectivity index (χ0) is 19.4. The third-order valence-corrected chi connectivity index (χ3v) is 4.52. The van der Waals surface area contributed by atoms with Gasteiger partial charge in [-0.05, 0) is 67.4 Å². The molecule has 0 spiro atoms. The van der Waals surface area contributed by atoms with Crippen molar-refractivity contribution in [3.05, 3.63) is 70.4 Å². The Labute approximate surface area is 162 Å². The van der Waals surface area contributed by atoms with Gasteiger partial charge in [-0.25, -0.2) is 0 Å². The van der Waals surface area contributed by atoms with Crippen LogP contribution in [0.3, 0.4) is 0 Å². The maximum Gasteiger partial charge on any atom is 0.262 e. The molecule has 2 aromatic carbocycles. The van der Waals surface area contributed by atoms with Crippen LogP contribution in [-0.2, 0) is 11.4 Å². The minimum atomic E-state index is -0.317. The van der Waals surface area contributed by atoms with E-state index in [2.05, 4.69) is 5.32 Å². The van der Waals surface area contributed by atoms with Crippen molar-refractivity contribution in [1.29, 1.82) is 0 Å². The van der Waals surface area contributed by atoms with E-state index in [4.69, 9.17) is 25.9 Å². The van der Waals surface area contributed by atoms with Crippen molar-refractivity contribution in [2.24, 2.45) is 0 Å². The predicted molar refractivity (Wildman–Crippen MR) is 105 cm³/mol. The number of anilines is 1. The highest BCUT2D eigenvalue weighted by Gasteiger charge is 2.11. The van der Waals surface area contributed by atoms with Crippen molar-refractivity contribution >= 4 is 23.2 Å². The van der Waals surface area contributed by atoms with E-state index in [0.29, 0.717) is 28.0 Å². The Morgan fingerprint density at radius 3 is 2.63 bits per heavy atom. The van der Waals surface area contributed by atoms with Crippen LogP contribution in [0, 0.1) is 13.8 Å². The fourth-order valence-electron chi connectivity index (χ4n) is 2.53. The average Bonchev–Trinajstić information content (AvgIpc) is 3.14. The Morgan fingerprint density at radius 1 is 1.11 bits per heavy atom. The summed E-state index contributed by atoms with van der Waals surface area (Å²) in [7, 11) is 0. The van der Waals surface area contributed by atoms with Crippen LogP contribution in [0.15, 0.2) is 52.9 Å². The summed E-state index contributed by atoms with van der Waals surface area (Å²) in [5, 5.41) is 12.3. The Balaban J connectivity index is 1.67. The summed E-state index contributed by atoms with van der Waals surface area (Å²) in [5.74, 6) is 1.37. The second kappa shape index (κ2) is 8.29. The summed E-state index contributed by atoms with van der Waals surface area (Å²) in [6.07, 6.45) is 0. The van der Waals surface area contributed by atoms with E-state index in [1.807, 2.05) is 32.0 Å². The van der Waals surface area contributed by atoms with Crippen LogP contribution in [0.4, 0.5) is 5.69 Å². The Bertz CT molecular complexity index is 965. The summed E-state index contributed by atoms with van der Waals surface area (Å²) in [4.78, 5) is 12.2. The molecule has 1 heterocycles. The van der Waals surface area contributed by atoms with E-state index in [-0.39, 0.29) is 19.1 Å². The Kier molecular flexibility index (Phi) is 5.84. The van der Waals surface area contributed by atoms with Crippen molar-refractivity contribution in [3.63, 3.8) is 0 Å². The number of ether oxygens (including phenoxy) is 1. The lowest BCUT2D eigenvalue weighted by Gasteiger charge is -2.11.